The van der Waals surface area contributed by atoms with Crippen molar-refractivity contribution in [3.05, 3.63) is 96.8 Å². The van der Waals surface area contributed by atoms with Gasteiger partial charge in [0.1, 0.15) is 0 Å². The highest BCUT2D eigenvalue weighted by molar-refractivity contribution is 7.19. The Balaban J connectivity index is 1.63. The molecule has 5 aromatic rings. The molecule has 2 aromatic heterocycles. The fourth-order valence-corrected chi connectivity index (χ4v) is 5.16. The Morgan fingerprint density at radius 1 is 0.857 bits per heavy atom. The molecule has 0 aliphatic rings. The van der Waals surface area contributed by atoms with Gasteiger partial charge in [0.25, 0.3) is 0 Å². The van der Waals surface area contributed by atoms with Crippen LogP contribution < -0.4 is 4.90 Å². The van der Waals surface area contributed by atoms with Gasteiger partial charge >= 0.3 is 6.18 Å². The lowest BCUT2D eigenvalue weighted by molar-refractivity contribution is -0.137. The van der Waals surface area contributed by atoms with Gasteiger partial charge < -0.3 is 4.90 Å². The number of pyridine rings is 1. The van der Waals surface area contributed by atoms with Gasteiger partial charge in [-0.2, -0.15) is 13.2 Å². The molecule has 0 unspecified atom stereocenters. The molecule has 0 amide bonds. The zero-order chi connectivity index (χ0) is 24.4. The van der Waals surface area contributed by atoms with E-state index in [0.29, 0.717) is 12.2 Å². The molecule has 3 aromatic carbocycles. The van der Waals surface area contributed by atoms with Crippen LogP contribution in [-0.2, 0) is 6.18 Å². The molecular weight excluding hydrogens is 467 g/mol. The molecule has 0 bridgehead atoms. The van der Waals surface area contributed by atoms with Crippen molar-refractivity contribution < 1.29 is 13.2 Å². The molecule has 0 spiro atoms. The summed E-state index contributed by atoms with van der Waals surface area (Å²) in [6.07, 6.45) is 0.0625. The van der Waals surface area contributed by atoms with Crippen LogP contribution in [0.4, 0.5) is 24.0 Å². The minimum atomic E-state index is -4.37. The molecule has 0 atom stereocenters. The molecule has 0 saturated heterocycles. The third-order valence-corrected chi connectivity index (χ3v) is 6.88. The second kappa shape index (κ2) is 9.50. The van der Waals surface area contributed by atoms with Crippen LogP contribution in [0.25, 0.3) is 32.5 Å². The Morgan fingerprint density at radius 3 is 2.34 bits per heavy atom. The average molecular weight is 490 g/mol. The van der Waals surface area contributed by atoms with Crippen LogP contribution >= 0.6 is 11.3 Å². The molecule has 0 N–H and O–H groups in total. The van der Waals surface area contributed by atoms with E-state index in [-0.39, 0.29) is 0 Å². The molecule has 35 heavy (non-hydrogen) atoms. The number of hydrogen-bond donors (Lipinski definition) is 0. The van der Waals surface area contributed by atoms with E-state index in [1.807, 2.05) is 60.5 Å². The van der Waals surface area contributed by atoms with E-state index in [0.717, 1.165) is 56.2 Å². The van der Waals surface area contributed by atoms with Crippen LogP contribution in [0, 0.1) is 0 Å². The van der Waals surface area contributed by atoms with Gasteiger partial charge in [0.15, 0.2) is 5.13 Å². The van der Waals surface area contributed by atoms with Gasteiger partial charge in [-0.1, -0.05) is 60.7 Å². The first-order valence-corrected chi connectivity index (χ1v) is 12.1. The molecule has 3 nitrogen and oxygen atoms in total. The summed E-state index contributed by atoms with van der Waals surface area (Å²) in [6.45, 7) is 2.68. The van der Waals surface area contributed by atoms with Crippen molar-refractivity contribution in [3.63, 3.8) is 0 Å². The van der Waals surface area contributed by atoms with Gasteiger partial charge in [-0.25, -0.2) is 4.98 Å². The number of halogens is 3. The van der Waals surface area contributed by atoms with Crippen LogP contribution in [0.5, 0.6) is 0 Å². The number of aromatic nitrogens is 2. The first kappa shape index (κ1) is 23.1. The summed E-state index contributed by atoms with van der Waals surface area (Å²) in [5, 5.41) is 2.88. The summed E-state index contributed by atoms with van der Waals surface area (Å²) >= 11 is 1.55. The van der Waals surface area contributed by atoms with Crippen LogP contribution in [-0.4, -0.2) is 16.5 Å². The molecule has 7 heteroatoms. The second-order valence-electron chi connectivity index (χ2n) is 8.17. The Bertz CT molecular complexity index is 1440. The Labute approximate surface area is 205 Å². The maximum Gasteiger partial charge on any atom is 0.416 e. The monoisotopic (exact) mass is 489 g/mol. The van der Waals surface area contributed by atoms with E-state index < -0.39 is 11.7 Å². The SMILES string of the molecule is CCCN(c1ccc(C(F)(F)F)cc1)c1nc(-c2ccccc2)c(-c2ccc3cnccc3c2)s1. The van der Waals surface area contributed by atoms with Crippen molar-refractivity contribution in [1.82, 2.24) is 9.97 Å². The quantitative estimate of drug-likeness (QED) is 0.239. The van der Waals surface area contributed by atoms with Gasteiger partial charge in [-0.05, 0) is 53.8 Å². The van der Waals surface area contributed by atoms with E-state index in [1.165, 1.54) is 12.1 Å². The first-order chi connectivity index (χ1) is 16.9. The Kier molecular flexibility index (Phi) is 6.26. The van der Waals surface area contributed by atoms with Crippen molar-refractivity contribution >= 4 is 32.9 Å². The molecular formula is C28H22F3N3S. The largest absolute Gasteiger partial charge is 0.416 e. The van der Waals surface area contributed by atoms with Gasteiger partial charge in [-0.15, -0.1) is 0 Å². The summed E-state index contributed by atoms with van der Waals surface area (Å²) in [4.78, 5) is 12.2. The summed E-state index contributed by atoms with van der Waals surface area (Å²) in [6, 6.07) is 23.5. The summed E-state index contributed by atoms with van der Waals surface area (Å²) in [5.41, 5.74) is 2.91. The Hall–Kier alpha value is -3.71. The van der Waals surface area contributed by atoms with Crippen LogP contribution in [0.2, 0.25) is 0 Å². The molecule has 176 valence electrons. The number of anilines is 2. The number of rotatable bonds is 6. The predicted octanol–water partition coefficient (Wildman–Crippen LogP) is 8.59. The molecule has 0 radical (unpaired) electrons. The van der Waals surface area contributed by atoms with E-state index >= 15 is 0 Å². The molecule has 0 saturated carbocycles. The van der Waals surface area contributed by atoms with Crippen molar-refractivity contribution in [2.45, 2.75) is 19.5 Å². The first-order valence-electron chi connectivity index (χ1n) is 11.3. The van der Waals surface area contributed by atoms with Crippen LogP contribution in [0.15, 0.2) is 91.3 Å². The van der Waals surface area contributed by atoms with Crippen LogP contribution in [0.3, 0.4) is 0 Å². The highest BCUT2D eigenvalue weighted by Crippen LogP contribution is 2.43. The number of alkyl halides is 3. The van der Waals surface area contributed by atoms with Gasteiger partial charge in [0.2, 0.25) is 0 Å². The third-order valence-electron chi connectivity index (χ3n) is 5.75. The minimum absolute atomic E-state index is 0.635. The fraction of sp³-hybridized carbons (Fsp3) is 0.143. The van der Waals surface area contributed by atoms with Crippen molar-refractivity contribution in [1.29, 1.82) is 0 Å². The van der Waals surface area contributed by atoms with E-state index in [1.54, 1.807) is 17.5 Å². The van der Waals surface area contributed by atoms with Crippen molar-refractivity contribution in [2.75, 3.05) is 11.4 Å². The highest BCUT2D eigenvalue weighted by Gasteiger charge is 2.30. The standard InChI is InChI=1S/C28H22F3N3S/c1-2-16-34(24-12-10-23(11-13-24)28(29,30)31)27-33-25(19-6-4-3-5-7-19)26(35-27)21-8-9-22-18-32-15-14-20(22)17-21/h3-15,17-18H,2,16H2,1H3. The predicted molar refractivity (Wildman–Crippen MR) is 137 cm³/mol. The van der Waals surface area contributed by atoms with Gasteiger partial charge in [0.05, 0.1) is 16.1 Å². The normalized spacial score (nSPS) is 11.7. The van der Waals surface area contributed by atoms with E-state index in [9.17, 15) is 13.2 Å². The zero-order valence-corrected chi connectivity index (χ0v) is 19.8. The lowest BCUT2D eigenvalue weighted by Gasteiger charge is -2.22. The molecule has 5 rings (SSSR count). The smallest absolute Gasteiger partial charge is 0.318 e. The van der Waals surface area contributed by atoms with E-state index in [4.69, 9.17) is 4.98 Å². The summed E-state index contributed by atoms with van der Waals surface area (Å²) in [5.74, 6) is 0. The molecule has 0 aliphatic heterocycles. The molecule has 0 fully saturated rings. The number of thiazole rings is 1. The second-order valence-corrected chi connectivity index (χ2v) is 9.15. The fourth-order valence-electron chi connectivity index (χ4n) is 4.03. The summed E-state index contributed by atoms with van der Waals surface area (Å²) in [7, 11) is 0. The number of hydrogen-bond acceptors (Lipinski definition) is 4. The number of fused-ring (bicyclic) bond motifs is 1. The van der Waals surface area contributed by atoms with Gasteiger partial charge in [-0.3, -0.25) is 4.98 Å². The number of nitrogens with zero attached hydrogens (tertiary/aromatic N) is 3. The maximum absolute atomic E-state index is 13.1. The minimum Gasteiger partial charge on any atom is -0.318 e. The topological polar surface area (TPSA) is 29.0 Å². The number of benzene rings is 3. The zero-order valence-electron chi connectivity index (χ0n) is 19.0. The van der Waals surface area contributed by atoms with Crippen molar-refractivity contribution in [2.24, 2.45) is 0 Å². The molecule has 0 aliphatic carbocycles. The third kappa shape index (κ3) is 4.77. The van der Waals surface area contributed by atoms with Crippen molar-refractivity contribution in [3.8, 4) is 21.7 Å². The molecule has 2 heterocycles. The highest BCUT2D eigenvalue weighted by atomic mass is 32.1. The van der Waals surface area contributed by atoms with E-state index in [2.05, 4.69) is 17.1 Å². The summed E-state index contributed by atoms with van der Waals surface area (Å²) < 4.78 is 39.3. The lowest BCUT2D eigenvalue weighted by atomic mass is 10.0. The maximum atomic E-state index is 13.1. The van der Waals surface area contributed by atoms with Crippen LogP contribution in [0.1, 0.15) is 18.9 Å². The lowest BCUT2D eigenvalue weighted by Crippen LogP contribution is -2.18. The van der Waals surface area contributed by atoms with Gasteiger partial charge in [0, 0.05) is 35.6 Å². The Morgan fingerprint density at radius 2 is 1.63 bits per heavy atom. The average Bonchev–Trinajstić information content (AvgIpc) is 3.32.